The summed E-state index contributed by atoms with van der Waals surface area (Å²) in [6.45, 7) is 1.94. The Morgan fingerprint density at radius 3 is 2.86 bits per heavy atom. The fourth-order valence-electron chi connectivity index (χ4n) is 1.87. The van der Waals surface area contributed by atoms with Gasteiger partial charge in [-0.25, -0.2) is 13.4 Å². The molecule has 0 saturated carbocycles. The largest absolute Gasteiger partial charge is 0.441 e. The van der Waals surface area contributed by atoms with Gasteiger partial charge in [0, 0.05) is 17.5 Å². The highest BCUT2D eigenvalue weighted by atomic mass is 32.2. The average molecular weight is 323 g/mol. The minimum Gasteiger partial charge on any atom is -0.441 e. The number of nitrogen functional groups attached to an aromatic ring is 1. The van der Waals surface area contributed by atoms with E-state index < -0.39 is 10.0 Å². The average Bonchev–Trinajstić information content (AvgIpc) is 3.03. The van der Waals surface area contributed by atoms with Gasteiger partial charge in [-0.1, -0.05) is 6.92 Å². The summed E-state index contributed by atoms with van der Waals surface area (Å²) in [6.07, 6.45) is 0.685. The number of thiophene rings is 1. The molecule has 0 fully saturated rings. The maximum atomic E-state index is 12.2. The molecule has 0 spiro atoms. The highest BCUT2D eigenvalue weighted by molar-refractivity contribution is 7.94. The summed E-state index contributed by atoms with van der Waals surface area (Å²) in [5.41, 5.74) is 7.68. The first-order valence-corrected chi connectivity index (χ1v) is 8.60. The zero-order chi connectivity index (χ0) is 15.0. The number of hydrogen-bond acceptors (Lipinski definition) is 6. The lowest BCUT2D eigenvalue weighted by molar-refractivity contribution is 0.538. The molecule has 0 unspecified atom stereocenters. The number of oxazole rings is 1. The minimum absolute atomic E-state index is 0.175. The predicted octanol–water partition coefficient (Wildman–Crippen LogP) is 2.83. The Balaban J connectivity index is 1.94. The van der Waals surface area contributed by atoms with Crippen molar-refractivity contribution < 1.29 is 12.8 Å². The lowest BCUT2D eigenvalue weighted by Gasteiger charge is -2.05. The summed E-state index contributed by atoms with van der Waals surface area (Å²) < 4.78 is 32.6. The molecule has 0 amide bonds. The number of aryl methyl sites for hydroxylation is 1. The lowest BCUT2D eigenvalue weighted by atomic mass is 10.3. The Morgan fingerprint density at radius 1 is 1.38 bits per heavy atom. The van der Waals surface area contributed by atoms with Crippen molar-refractivity contribution >= 4 is 43.8 Å². The summed E-state index contributed by atoms with van der Waals surface area (Å²) in [4.78, 5) is 4.28. The first kappa shape index (κ1) is 13.9. The SMILES string of the molecule is CCc1nc2cc(NS(=O)(=O)c3cc(N)cs3)ccc2o1. The molecule has 2 aromatic heterocycles. The number of rotatable bonds is 4. The van der Waals surface area contributed by atoms with Crippen molar-refractivity contribution in [3.8, 4) is 0 Å². The van der Waals surface area contributed by atoms with Crippen molar-refractivity contribution in [2.24, 2.45) is 0 Å². The van der Waals surface area contributed by atoms with Gasteiger partial charge in [0.2, 0.25) is 0 Å². The summed E-state index contributed by atoms with van der Waals surface area (Å²) >= 11 is 1.08. The van der Waals surface area contributed by atoms with E-state index in [2.05, 4.69) is 9.71 Å². The fourth-order valence-corrected chi connectivity index (χ4v) is 4.00. The van der Waals surface area contributed by atoms with Crippen LogP contribution in [0.3, 0.4) is 0 Å². The number of nitrogens with one attached hydrogen (secondary N) is 1. The molecule has 0 atom stereocenters. The van der Waals surface area contributed by atoms with Crippen LogP contribution in [0.4, 0.5) is 11.4 Å². The molecular formula is C13H13N3O3S2. The Bertz CT molecular complexity index is 896. The molecule has 0 saturated heterocycles. The normalized spacial score (nSPS) is 11.9. The zero-order valence-electron chi connectivity index (χ0n) is 11.2. The van der Waals surface area contributed by atoms with Crippen LogP contribution >= 0.6 is 11.3 Å². The van der Waals surface area contributed by atoms with Gasteiger partial charge in [0.15, 0.2) is 11.5 Å². The molecule has 8 heteroatoms. The minimum atomic E-state index is -3.63. The lowest BCUT2D eigenvalue weighted by Crippen LogP contribution is -2.11. The molecule has 0 bridgehead atoms. The Morgan fingerprint density at radius 2 is 2.19 bits per heavy atom. The molecule has 3 N–H and O–H groups in total. The summed E-state index contributed by atoms with van der Waals surface area (Å²) in [7, 11) is -3.63. The number of anilines is 2. The van der Waals surface area contributed by atoms with Crippen LogP contribution in [-0.2, 0) is 16.4 Å². The molecule has 6 nitrogen and oxygen atoms in total. The Hall–Kier alpha value is -2.06. The van der Waals surface area contributed by atoms with Gasteiger partial charge in [-0.3, -0.25) is 4.72 Å². The van der Waals surface area contributed by atoms with E-state index in [1.54, 1.807) is 23.6 Å². The molecule has 3 rings (SSSR count). The van der Waals surface area contributed by atoms with Gasteiger partial charge in [0.05, 0.1) is 5.69 Å². The highest BCUT2D eigenvalue weighted by Crippen LogP contribution is 2.26. The van der Waals surface area contributed by atoms with Gasteiger partial charge in [-0.15, -0.1) is 11.3 Å². The van der Waals surface area contributed by atoms with Gasteiger partial charge in [-0.2, -0.15) is 0 Å². The first-order valence-electron chi connectivity index (χ1n) is 6.24. The quantitative estimate of drug-likeness (QED) is 0.769. The maximum absolute atomic E-state index is 12.2. The number of sulfonamides is 1. The molecule has 21 heavy (non-hydrogen) atoms. The second-order valence-electron chi connectivity index (χ2n) is 4.45. The molecule has 1 aromatic carbocycles. The van der Waals surface area contributed by atoms with Crippen LogP contribution in [-0.4, -0.2) is 13.4 Å². The predicted molar refractivity (Wildman–Crippen MR) is 82.9 cm³/mol. The van der Waals surface area contributed by atoms with Crippen molar-refractivity contribution in [2.75, 3.05) is 10.5 Å². The van der Waals surface area contributed by atoms with Crippen LogP contribution in [0.25, 0.3) is 11.1 Å². The number of aromatic nitrogens is 1. The fraction of sp³-hybridized carbons (Fsp3) is 0.154. The third-order valence-corrected chi connectivity index (χ3v) is 5.69. The van der Waals surface area contributed by atoms with Gasteiger partial charge in [-0.05, 0) is 24.3 Å². The van der Waals surface area contributed by atoms with E-state index in [4.69, 9.17) is 10.2 Å². The van der Waals surface area contributed by atoms with Gasteiger partial charge >= 0.3 is 0 Å². The van der Waals surface area contributed by atoms with E-state index in [0.29, 0.717) is 34.8 Å². The van der Waals surface area contributed by atoms with Gasteiger partial charge in [0.25, 0.3) is 10.0 Å². The van der Waals surface area contributed by atoms with Crippen LogP contribution in [0.2, 0.25) is 0 Å². The number of hydrogen-bond donors (Lipinski definition) is 2. The van der Waals surface area contributed by atoms with Crippen molar-refractivity contribution in [3.63, 3.8) is 0 Å². The summed E-state index contributed by atoms with van der Waals surface area (Å²) in [5.74, 6) is 0.621. The van der Waals surface area contributed by atoms with Crippen molar-refractivity contribution in [1.29, 1.82) is 0 Å². The van der Waals surface area contributed by atoms with Crippen molar-refractivity contribution in [2.45, 2.75) is 17.6 Å². The molecule has 0 aliphatic carbocycles. The molecule has 0 aliphatic rings. The third-order valence-electron chi connectivity index (χ3n) is 2.85. The van der Waals surface area contributed by atoms with E-state index in [-0.39, 0.29) is 4.21 Å². The Kier molecular flexibility index (Phi) is 3.34. The standard InChI is InChI=1S/C13H13N3O3S2/c1-2-12-15-10-6-9(3-4-11(10)19-12)16-21(17,18)13-5-8(14)7-20-13/h3-7,16H,2,14H2,1H3. The van der Waals surface area contributed by atoms with Crippen molar-refractivity contribution in [3.05, 3.63) is 35.5 Å². The van der Waals surface area contributed by atoms with Gasteiger partial charge < -0.3 is 10.2 Å². The van der Waals surface area contributed by atoms with Gasteiger partial charge in [0.1, 0.15) is 9.73 Å². The number of fused-ring (bicyclic) bond motifs is 1. The van der Waals surface area contributed by atoms with E-state index in [9.17, 15) is 8.42 Å². The van der Waals surface area contributed by atoms with Crippen LogP contribution < -0.4 is 10.5 Å². The third kappa shape index (κ3) is 2.72. The second kappa shape index (κ2) is 5.05. The molecule has 2 heterocycles. The van der Waals surface area contributed by atoms with Crippen LogP contribution in [0, 0.1) is 0 Å². The molecule has 3 aromatic rings. The number of nitrogens with zero attached hydrogens (tertiary/aromatic N) is 1. The van der Waals surface area contributed by atoms with Crippen LogP contribution in [0.5, 0.6) is 0 Å². The molecule has 110 valence electrons. The summed E-state index contributed by atoms with van der Waals surface area (Å²) in [6, 6.07) is 6.41. The molecular weight excluding hydrogens is 310 g/mol. The maximum Gasteiger partial charge on any atom is 0.271 e. The smallest absolute Gasteiger partial charge is 0.271 e. The molecule has 0 aliphatic heterocycles. The van der Waals surface area contributed by atoms with Crippen molar-refractivity contribution in [1.82, 2.24) is 4.98 Å². The monoisotopic (exact) mass is 323 g/mol. The van der Waals surface area contributed by atoms with Crippen LogP contribution in [0.15, 0.2) is 38.3 Å². The van der Waals surface area contributed by atoms with E-state index in [1.165, 1.54) is 6.07 Å². The second-order valence-corrected chi connectivity index (χ2v) is 7.27. The summed E-state index contributed by atoms with van der Waals surface area (Å²) in [5, 5.41) is 1.59. The Labute approximate surface area is 125 Å². The number of benzene rings is 1. The zero-order valence-corrected chi connectivity index (χ0v) is 12.8. The topological polar surface area (TPSA) is 98.2 Å². The van der Waals surface area contributed by atoms with E-state index >= 15 is 0 Å². The first-order chi connectivity index (χ1) is 9.98. The van der Waals surface area contributed by atoms with Crippen LogP contribution in [0.1, 0.15) is 12.8 Å². The van der Waals surface area contributed by atoms with E-state index in [1.807, 2.05) is 6.92 Å². The highest BCUT2D eigenvalue weighted by Gasteiger charge is 2.17. The number of nitrogens with two attached hydrogens (primary N) is 1. The van der Waals surface area contributed by atoms with E-state index in [0.717, 1.165) is 11.3 Å². The molecule has 0 radical (unpaired) electrons.